The van der Waals surface area contributed by atoms with Crippen LogP contribution in [0.1, 0.15) is 48.4 Å². The molecule has 0 aromatic carbocycles. The SMILES string of the molecule is NC1CCCc2[nH]c(C3CCS(=O)(=O)C3)nc21. The second kappa shape index (κ2) is 3.81. The number of aromatic nitrogens is 2. The molecule has 2 atom stereocenters. The predicted molar refractivity (Wildman–Crippen MR) is 64.5 cm³/mol. The van der Waals surface area contributed by atoms with Gasteiger partial charge in [-0.05, 0) is 25.7 Å². The lowest BCUT2D eigenvalue weighted by Crippen LogP contribution is -2.17. The van der Waals surface area contributed by atoms with Crippen molar-refractivity contribution in [2.24, 2.45) is 5.73 Å². The van der Waals surface area contributed by atoms with E-state index in [0.717, 1.165) is 36.5 Å². The minimum atomic E-state index is -2.85. The molecule has 0 amide bonds. The van der Waals surface area contributed by atoms with E-state index in [0.29, 0.717) is 6.42 Å². The highest BCUT2D eigenvalue weighted by atomic mass is 32.2. The minimum absolute atomic E-state index is 0.0155. The number of aromatic amines is 1. The molecule has 1 aromatic rings. The molecule has 3 N–H and O–H groups in total. The van der Waals surface area contributed by atoms with Crippen molar-refractivity contribution < 1.29 is 8.42 Å². The Hall–Kier alpha value is -0.880. The van der Waals surface area contributed by atoms with Crippen molar-refractivity contribution in [3.63, 3.8) is 0 Å². The van der Waals surface area contributed by atoms with Crippen molar-refractivity contribution in [3.05, 3.63) is 17.2 Å². The Bertz CT molecular complexity index is 535. The van der Waals surface area contributed by atoms with Crippen molar-refractivity contribution in [1.82, 2.24) is 9.97 Å². The van der Waals surface area contributed by atoms with Crippen LogP contribution in [0.2, 0.25) is 0 Å². The van der Waals surface area contributed by atoms with E-state index in [1.54, 1.807) is 0 Å². The van der Waals surface area contributed by atoms with Gasteiger partial charge in [0.2, 0.25) is 0 Å². The summed E-state index contributed by atoms with van der Waals surface area (Å²) in [5, 5.41) is 0. The van der Waals surface area contributed by atoms with Crippen LogP contribution in [-0.2, 0) is 16.3 Å². The lowest BCUT2D eigenvalue weighted by Gasteiger charge is -2.15. The molecule has 94 valence electrons. The van der Waals surface area contributed by atoms with Gasteiger partial charge in [-0.15, -0.1) is 0 Å². The van der Waals surface area contributed by atoms with Gasteiger partial charge >= 0.3 is 0 Å². The van der Waals surface area contributed by atoms with Crippen molar-refractivity contribution in [2.45, 2.75) is 37.6 Å². The number of nitrogens with zero attached hydrogens (tertiary/aromatic N) is 1. The average molecular weight is 255 g/mol. The first-order valence-electron chi connectivity index (χ1n) is 6.10. The zero-order chi connectivity index (χ0) is 12.0. The summed E-state index contributed by atoms with van der Waals surface area (Å²) in [5.74, 6) is 1.38. The number of nitrogens with one attached hydrogen (secondary N) is 1. The Morgan fingerprint density at radius 3 is 2.82 bits per heavy atom. The van der Waals surface area contributed by atoms with E-state index in [1.165, 1.54) is 0 Å². The molecule has 6 heteroatoms. The van der Waals surface area contributed by atoms with Gasteiger partial charge in [-0.3, -0.25) is 0 Å². The number of sulfone groups is 1. The number of hydrogen-bond acceptors (Lipinski definition) is 4. The molecular weight excluding hydrogens is 238 g/mol. The van der Waals surface area contributed by atoms with Gasteiger partial charge < -0.3 is 10.7 Å². The smallest absolute Gasteiger partial charge is 0.151 e. The lowest BCUT2D eigenvalue weighted by molar-refractivity contribution is 0.555. The fourth-order valence-corrected chi connectivity index (χ4v) is 4.53. The third-order valence-corrected chi connectivity index (χ3v) is 5.51. The second-order valence-electron chi connectivity index (χ2n) is 5.08. The molecule has 1 aromatic heterocycles. The molecule has 0 saturated carbocycles. The van der Waals surface area contributed by atoms with E-state index in [2.05, 4.69) is 9.97 Å². The fraction of sp³-hybridized carbons (Fsp3) is 0.727. The van der Waals surface area contributed by atoms with Crippen molar-refractivity contribution in [3.8, 4) is 0 Å². The zero-order valence-electron chi connectivity index (χ0n) is 9.65. The molecular formula is C11H17N3O2S. The summed E-state index contributed by atoms with van der Waals surface area (Å²) in [4.78, 5) is 7.82. The van der Waals surface area contributed by atoms with Gasteiger partial charge in [-0.1, -0.05) is 0 Å². The Balaban J connectivity index is 1.90. The number of fused-ring (bicyclic) bond motifs is 1. The summed E-state index contributed by atoms with van der Waals surface area (Å²) >= 11 is 0. The number of imidazole rings is 1. The van der Waals surface area contributed by atoms with Crippen LogP contribution in [0.5, 0.6) is 0 Å². The normalized spacial score (nSPS) is 31.4. The molecule has 0 bridgehead atoms. The highest BCUT2D eigenvalue weighted by Crippen LogP contribution is 2.31. The largest absolute Gasteiger partial charge is 0.345 e. The van der Waals surface area contributed by atoms with E-state index in [9.17, 15) is 8.42 Å². The number of aryl methyl sites for hydroxylation is 1. The monoisotopic (exact) mass is 255 g/mol. The maximum Gasteiger partial charge on any atom is 0.151 e. The predicted octanol–water partition coefficient (Wildman–Crippen LogP) is 0.648. The molecule has 3 rings (SSSR count). The van der Waals surface area contributed by atoms with Gasteiger partial charge in [0, 0.05) is 17.7 Å². The Morgan fingerprint density at radius 1 is 1.35 bits per heavy atom. The first kappa shape index (κ1) is 11.2. The number of H-pyrrole nitrogens is 1. The maximum atomic E-state index is 11.5. The molecule has 1 aliphatic heterocycles. The Morgan fingerprint density at radius 2 is 2.18 bits per heavy atom. The highest BCUT2D eigenvalue weighted by Gasteiger charge is 2.32. The van der Waals surface area contributed by atoms with E-state index in [-0.39, 0.29) is 23.5 Å². The summed E-state index contributed by atoms with van der Waals surface area (Å²) in [6, 6.07) is 0.0155. The molecule has 1 aliphatic carbocycles. The van der Waals surface area contributed by atoms with E-state index in [4.69, 9.17) is 5.73 Å². The quantitative estimate of drug-likeness (QED) is 0.771. The molecule has 5 nitrogen and oxygen atoms in total. The average Bonchev–Trinajstić information content (AvgIpc) is 2.82. The summed E-state index contributed by atoms with van der Waals surface area (Å²) in [6.45, 7) is 0. The van der Waals surface area contributed by atoms with Gasteiger partial charge in [0.15, 0.2) is 9.84 Å². The lowest BCUT2D eigenvalue weighted by atomic mass is 9.97. The fourth-order valence-electron chi connectivity index (χ4n) is 2.78. The van der Waals surface area contributed by atoms with Crippen molar-refractivity contribution in [1.29, 1.82) is 0 Å². The molecule has 17 heavy (non-hydrogen) atoms. The maximum absolute atomic E-state index is 11.5. The number of nitrogens with two attached hydrogens (primary N) is 1. The summed E-state index contributed by atoms with van der Waals surface area (Å²) in [7, 11) is -2.85. The zero-order valence-corrected chi connectivity index (χ0v) is 10.5. The summed E-state index contributed by atoms with van der Waals surface area (Å²) < 4.78 is 22.9. The molecule has 0 radical (unpaired) electrons. The topological polar surface area (TPSA) is 88.8 Å². The molecule has 2 aliphatic rings. The van der Waals surface area contributed by atoms with E-state index >= 15 is 0 Å². The standard InChI is InChI=1S/C11H17N3O2S/c12-8-2-1-3-9-10(8)14-11(13-9)7-4-5-17(15,16)6-7/h7-8H,1-6,12H2,(H,13,14). The number of hydrogen-bond donors (Lipinski definition) is 2. The van der Waals surface area contributed by atoms with Crippen molar-refractivity contribution in [2.75, 3.05) is 11.5 Å². The molecule has 2 heterocycles. The summed E-state index contributed by atoms with van der Waals surface area (Å²) in [5.41, 5.74) is 8.08. The molecule has 1 fully saturated rings. The van der Waals surface area contributed by atoms with Crippen LogP contribution >= 0.6 is 0 Å². The van der Waals surface area contributed by atoms with Crippen molar-refractivity contribution >= 4 is 9.84 Å². The van der Waals surface area contributed by atoms with Gasteiger partial charge in [0.05, 0.1) is 17.2 Å². The second-order valence-corrected chi connectivity index (χ2v) is 7.31. The van der Waals surface area contributed by atoms with Crippen LogP contribution < -0.4 is 5.73 Å². The third-order valence-electron chi connectivity index (χ3n) is 3.74. The highest BCUT2D eigenvalue weighted by molar-refractivity contribution is 7.91. The van der Waals surface area contributed by atoms with Gasteiger partial charge in [-0.2, -0.15) is 0 Å². The Kier molecular flexibility index (Phi) is 2.52. The van der Waals surface area contributed by atoms with Gasteiger partial charge in [0.1, 0.15) is 5.82 Å². The molecule has 0 spiro atoms. The third kappa shape index (κ3) is 1.99. The van der Waals surface area contributed by atoms with Crippen LogP contribution in [0, 0.1) is 0 Å². The van der Waals surface area contributed by atoms with E-state index in [1.807, 2.05) is 0 Å². The Labute approximate surface area is 101 Å². The van der Waals surface area contributed by atoms with E-state index < -0.39 is 9.84 Å². The van der Waals surface area contributed by atoms with Crippen LogP contribution in [0.4, 0.5) is 0 Å². The molecule has 1 saturated heterocycles. The first-order chi connectivity index (χ1) is 8.05. The van der Waals surface area contributed by atoms with Crippen LogP contribution in [0.25, 0.3) is 0 Å². The summed E-state index contributed by atoms with van der Waals surface area (Å²) in [6.07, 6.45) is 3.72. The van der Waals surface area contributed by atoms with Crippen LogP contribution in [-0.4, -0.2) is 29.9 Å². The van der Waals surface area contributed by atoms with Gasteiger partial charge in [-0.25, -0.2) is 13.4 Å². The minimum Gasteiger partial charge on any atom is -0.345 e. The van der Waals surface area contributed by atoms with Gasteiger partial charge in [0.25, 0.3) is 0 Å². The van der Waals surface area contributed by atoms with Crippen LogP contribution in [0.15, 0.2) is 0 Å². The molecule has 2 unspecified atom stereocenters. The van der Waals surface area contributed by atoms with Crippen LogP contribution in [0.3, 0.4) is 0 Å². The first-order valence-corrected chi connectivity index (χ1v) is 7.92. The number of rotatable bonds is 1.